The summed E-state index contributed by atoms with van der Waals surface area (Å²) in [6, 6.07) is 17.3. The van der Waals surface area contributed by atoms with Crippen molar-refractivity contribution in [2.45, 2.75) is 12.5 Å². The Morgan fingerprint density at radius 3 is 2.58 bits per heavy atom. The summed E-state index contributed by atoms with van der Waals surface area (Å²) in [5.41, 5.74) is 2.39. The van der Waals surface area contributed by atoms with Crippen LogP contribution in [0.5, 0.6) is 0 Å². The first-order chi connectivity index (χ1) is 12.6. The highest BCUT2D eigenvalue weighted by Crippen LogP contribution is 2.28. The maximum Gasteiger partial charge on any atom is 0.306 e. The Morgan fingerprint density at radius 1 is 1.15 bits per heavy atom. The number of aliphatic carboxylic acids is 1. The van der Waals surface area contributed by atoms with Crippen molar-refractivity contribution >= 4 is 23.3 Å². The van der Waals surface area contributed by atoms with E-state index in [-0.39, 0.29) is 18.9 Å². The van der Waals surface area contributed by atoms with Gasteiger partial charge in [-0.15, -0.1) is 0 Å². The van der Waals surface area contributed by atoms with Gasteiger partial charge in [0.25, 0.3) is 5.91 Å². The number of para-hydroxylation sites is 2. The van der Waals surface area contributed by atoms with Gasteiger partial charge in [-0.1, -0.05) is 30.3 Å². The first-order valence-electron chi connectivity index (χ1n) is 8.56. The standard InChI is InChI=1S/C20H22N2O4/c1-21(15-7-3-2-4-8-15)18-10-6-5-9-17(18)20(25)22-11-12-26-16(14-22)13-19(23)24/h2-10,16H,11-14H2,1H3,(H,23,24)/t16-/m1/s1. The second-order valence-corrected chi connectivity index (χ2v) is 6.25. The minimum absolute atomic E-state index is 0.102. The van der Waals surface area contributed by atoms with Crippen LogP contribution < -0.4 is 4.90 Å². The average Bonchev–Trinajstić information content (AvgIpc) is 2.67. The number of morpholine rings is 1. The third-order valence-corrected chi connectivity index (χ3v) is 4.47. The molecule has 0 saturated carbocycles. The van der Waals surface area contributed by atoms with E-state index in [2.05, 4.69) is 0 Å². The van der Waals surface area contributed by atoms with Gasteiger partial charge in [-0.3, -0.25) is 9.59 Å². The number of hydrogen-bond acceptors (Lipinski definition) is 4. The fourth-order valence-electron chi connectivity index (χ4n) is 3.13. The minimum Gasteiger partial charge on any atom is -0.481 e. The van der Waals surface area contributed by atoms with E-state index in [9.17, 15) is 9.59 Å². The number of hydrogen-bond donors (Lipinski definition) is 1. The van der Waals surface area contributed by atoms with Gasteiger partial charge in [-0.05, 0) is 24.3 Å². The summed E-state index contributed by atoms with van der Waals surface area (Å²) < 4.78 is 5.47. The summed E-state index contributed by atoms with van der Waals surface area (Å²) in [6.07, 6.45) is -0.570. The zero-order chi connectivity index (χ0) is 18.5. The lowest BCUT2D eigenvalue weighted by atomic mass is 10.1. The van der Waals surface area contributed by atoms with Gasteiger partial charge in [-0.25, -0.2) is 0 Å². The molecule has 3 rings (SSSR count). The van der Waals surface area contributed by atoms with Crippen molar-refractivity contribution in [2.75, 3.05) is 31.6 Å². The molecular weight excluding hydrogens is 332 g/mol. The molecule has 26 heavy (non-hydrogen) atoms. The average molecular weight is 354 g/mol. The molecule has 1 amide bonds. The van der Waals surface area contributed by atoms with Crippen molar-refractivity contribution in [3.8, 4) is 0 Å². The van der Waals surface area contributed by atoms with Crippen molar-refractivity contribution in [2.24, 2.45) is 0 Å². The van der Waals surface area contributed by atoms with E-state index in [4.69, 9.17) is 9.84 Å². The SMILES string of the molecule is CN(c1ccccc1)c1ccccc1C(=O)N1CCO[C@H](CC(=O)O)C1. The van der Waals surface area contributed by atoms with Crippen LogP contribution in [0.4, 0.5) is 11.4 Å². The van der Waals surface area contributed by atoms with E-state index in [1.807, 2.05) is 60.5 Å². The molecule has 0 spiro atoms. The van der Waals surface area contributed by atoms with Crippen LogP contribution in [-0.4, -0.2) is 54.7 Å². The Balaban J connectivity index is 1.83. The Bertz CT molecular complexity index is 778. The number of benzene rings is 2. The molecule has 1 saturated heterocycles. The second-order valence-electron chi connectivity index (χ2n) is 6.25. The van der Waals surface area contributed by atoms with Crippen molar-refractivity contribution in [3.05, 3.63) is 60.2 Å². The first kappa shape index (κ1) is 17.9. The quantitative estimate of drug-likeness (QED) is 0.894. The number of carboxylic acid groups (broad SMARTS) is 1. The summed E-state index contributed by atoms with van der Waals surface area (Å²) in [4.78, 5) is 27.7. The van der Waals surface area contributed by atoms with Crippen LogP contribution in [0, 0.1) is 0 Å². The molecule has 6 nitrogen and oxygen atoms in total. The highest BCUT2D eigenvalue weighted by atomic mass is 16.5. The molecule has 1 heterocycles. The molecule has 2 aromatic rings. The van der Waals surface area contributed by atoms with Gasteiger partial charge in [0.2, 0.25) is 0 Å². The summed E-state index contributed by atoms with van der Waals surface area (Å²) >= 11 is 0. The van der Waals surface area contributed by atoms with Crippen LogP contribution in [0.3, 0.4) is 0 Å². The number of carboxylic acids is 1. The molecule has 1 N–H and O–H groups in total. The lowest BCUT2D eigenvalue weighted by Gasteiger charge is -2.33. The van der Waals surface area contributed by atoms with Crippen molar-refractivity contribution in [1.82, 2.24) is 4.90 Å². The molecule has 0 unspecified atom stereocenters. The molecule has 0 radical (unpaired) electrons. The summed E-state index contributed by atoms with van der Waals surface area (Å²) in [6.45, 7) is 1.09. The fourth-order valence-corrected chi connectivity index (χ4v) is 3.13. The summed E-state index contributed by atoms with van der Waals surface area (Å²) in [7, 11) is 1.92. The van der Waals surface area contributed by atoms with E-state index in [0.29, 0.717) is 18.7 Å². The monoisotopic (exact) mass is 354 g/mol. The highest BCUT2D eigenvalue weighted by molar-refractivity contribution is 6.00. The summed E-state index contributed by atoms with van der Waals surface area (Å²) in [5, 5.41) is 8.96. The van der Waals surface area contributed by atoms with Gasteiger partial charge in [0.15, 0.2) is 0 Å². The Hall–Kier alpha value is -2.86. The van der Waals surface area contributed by atoms with E-state index in [1.54, 1.807) is 11.0 Å². The summed E-state index contributed by atoms with van der Waals surface area (Å²) in [5.74, 6) is -1.03. The molecule has 136 valence electrons. The predicted octanol–water partition coefficient (Wildman–Crippen LogP) is 2.77. The Kier molecular flexibility index (Phi) is 5.53. The smallest absolute Gasteiger partial charge is 0.306 e. The lowest BCUT2D eigenvalue weighted by Crippen LogP contribution is -2.46. The Morgan fingerprint density at radius 2 is 1.85 bits per heavy atom. The van der Waals surface area contributed by atoms with Crippen LogP contribution in [0.1, 0.15) is 16.8 Å². The van der Waals surface area contributed by atoms with Gasteiger partial charge >= 0.3 is 5.97 Å². The second kappa shape index (κ2) is 8.01. The maximum atomic E-state index is 13.1. The van der Waals surface area contributed by atoms with Crippen LogP contribution in [0.25, 0.3) is 0 Å². The number of carbonyl (C=O) groups excluding carboxylic acids is 1. The zero-order valence-electron chi connectivity index (χ0n) is 14.7. The largest absolute Gasteiger partial charge is 0.481 e. The van der Waals surface area contributed by atoms with Crippen LogP contribution in [-0.2, 0) is 9.53 Å². The molecule has 1 fully saturated rings. The molecule has 6 heteroatoms. The third-order valence-electron chi connectivity index (χ3n) is 4.47. The Labute approximate surface area is 152 Å². The molecule has 1 aliphatic rings. The van der Waals surface area contributed by atoms with Crippen molar-refractivity contribution in [1.29, 1.82) is 0 Å². The molecule has 2 aromatic carbocycles. The van der Waals surface area contributed by atoms with Crippen molar-refractivity contribution in [3.63, 3.8) is 0 Å². The van der Waals surface area contributed by atoms with Crippen LogP contribution in [0.15, 0.2) is 54.6 Å². The first-order valence-corrected chi connectivity index (χ1v) is 8.56. The van der Waals surface area contributed by atoms with Crippen LogP contribution >= 0.6 is 0 Å². The number of amides is 1. The highest BCUT2D eigenvalue weighted by Gasteiger charge is 2.28. The zero-order valence-corrected chi connectivity index (χ0v) is 14.7. The number of ether oxygens (including phenoxy) is 1. The molecule has 0 aromatic heterocycles. The molecule has 0 aliphatic carbocycles. The molecule has 1 aliphatic heterocycles. The van der Waals surface area contributed by atoms with E-state index in [0.717, 1.165) is 11.4 Å². The number of anilines is 2. The van der Waals surface area contributed by atoms with Crippen LogP contribution in [0.2, 0.25) is 0 Å². The van der Waals surface area contributed by atoms with Gasteiger partial charge in [-0.2, -0.15) is 0 Å². The predicted molar refractivity (Wildman–Crippen MR) is 98.8 cm³/mol. The fraction of sp³-hybridized carbons (Fsp3) is 0.300. The van der Waals surface area contributed by atoms with Gasteiger partial charge in [0.05, 0.1) is 30.4 Å². The van der Waals surface area contributed by atoms with E-state index >= 15 is 0 Å². The number of rotatable bonds is 5. The van der Waals surface area contributed by atoms with Gasteiger partial charge in [0.1, 0.15) is 0 Å². The molecule has 0 bridgehead atoms. The minimum atomic E-state index is -0.923. The molecular formula is C20H22N2O4. The lowest BCUT2D eigenvalue weighted by molar-refractivity contribution is -0.141. The number of carbonyl (C=O) groups is 2. The molecule has 1 atom stereocenters. The van der Waals surface area contributed by atoms with Crippen molar-refractivity contribution < 1.29 is 19.4 Å². The maximum absolute atomic E-state index is 13.1. The number of nitrogens with zero attached hydrogens (tertiary/aromatic N) is 2. The van der Waals surface area contributed by atoms with Gasteiger partial charge in [0, 0.05) is 25.8 Å². The van der Waals surface area contributed by atoms with E-state index in [1.165, 1.54) is 0 Å². The normalized spacial score (nSPS) is 17.0. The topological polar surface area (TPSA) is 70.1 Å². The third kappa shape index (κ3) is 4.03. The van der Waals surface area contributed by atoms with Gasteiger partial charge < -0.3 is 19.6 Å². The van der Waals surface area contributed by atoms with E-state index < -0.39 is 12.1 Å².